The van der Waals surface area contributed by atoms with Gasteiger partial charge in [0.15, 0.2) is 0 Å². The molecular formula is C12H19N3O4S. The van der Waals surface area contributed by atoms with E-state index in [4.69, 9.17) is 5.11 Å². The minimum absolute atomic E-state index is 0.00653. The van der Waals surface area contributed by atoms with E-state index in [-0.39, 0.29) is 16.6 Å². The number of carboxylic acids is 1. The third-order valence-corrected chi connectivity index (χ3v) is 5.50. The van der Waals surface area contributed by atoms with Crippen molar-refractivity contribution in [2.75, 3.05) is 26.2 Å². The monoisotopic (exact) mass is 301 g/mol. The maximum atomic E-state index is 12.5. The number of nitrogens with zero attached hydrogens (tertiary/aromatic N) is 2. The van der Waals surface area contributed by atoms with E-state index in [2.05, 4.69) is 9.88 Å². The molecule has 1 aromatic heterocycles. The second-order valence-corrected chi connectivity index (χ2v) is 6.83. The van der Waals surface area contributed by atoms with Crippen LogP contribution in [0.3, 0.4) is 0 Å². The number of aromatic carboxylic acids is 1. The maximum Gasteiger partial charge on any atom is 0.352 e. The first-order valence-electron chi connectivity index (χ1n) is 6.52. The number of carboxylic acid groups (broad SMARTS) is 1. The van der Waals surface area contributed by atoms with Crippen molar-refractivity contribution in [2.45, 2.75) is 24.8 Å². The van der Waals surface area contributed by atoms with E-state index in [1.807, 2.05) is 13.8 Å². The van der Waals surface area contributed by atoms with Crippen LogP contribution in [0.4, 0.5) is 0 Å². The zero-order valence-electron chi connectivity index (χ0n) is 11.5. The molecule has 7 nitrogen and oxygen atoms in total. The lowest BCUT2D eigenvalue weighted by Gasteiger charge is -2.38. The molecule has 0 radical (unpaired) electrons. The summed E-state index contributed by atoms with van der Waals surface area (Å²) in [5.74, 6) is -1.17. The first-order chi connectivity index (χ1) is 9.36. The van der Waals surface area contributed by atoms with E-state index in [1.54, 1.807) is 0 Å². The van der Waals surface area contributed by atoms with Crippen LogP contribution in [-0.2, 0) is 10.0 Å². The highest BCUT2D eigenvalue weighted by molar-refractivity contribution is 7.89. The van der Waals surface area contributed by atoms with Gasteiger partial charge in [0.05, 0.1) is 0 Å². The van der Waals surface area contributed by atoms with Gasteiger partial charge in [0.25, 0.3) is 0 Å². The molecule has 2 N–H and O–H groups in total. The van der Waals surface area contributed by atoms with Crippen molar-refractivity contribution in [3.63, 3.8) is 0 Å². The number of piperazine rings is 1. The molecule has 1 unspecified atom stereocenters. The highest BCUT2D eigenvalue weighted by Crippen LogP contribution is 2.20. The molecule has 2 rings (SSSR count). The maximum absolute atomic E-state index is 12.5. The van der Waals surface area contributed by atoms with Gasteiger partial charge in [0.1, 0.15) is 10.6 Å². The highest BCUT2D eigenvalue weighted by Gasteiger charge is 2.32. The van der Waals surface area contributed by atoms with E-state index in [0.29, 0.717) is 19.6 Å². The van der Waals surface area contributed by atoms with Crippen LogP contribution in [0.25, 0.3) is 0 Å². The molecule has 1 fully saturated rings. The summed E-state index contributed by atoms with van der Waals surface area (Å²) in [6, 6.07) is 1.32. The SMILES string of the molecule is CCN1CCN(S(=O)(=O)c2c[nH]c(C(=O)O)c2)CC1C. The number of sulfonamides is 1. The molecule has 20 heavy (non-hydrogen) atoms. The minimum atomic E-state index is -3.63. The Morgan fingerprint density at radius 1 is 1.50 bits per heavy atom. The quantitative estimate of drug-likeness (QED) is 0.841. The summed E-state index contributed by atoms with van der Waals surface area (Å²) in [5.41, 5.74) is -0.121. The van der Waals surface area contributed by atoms with Crippen LogP contribution < -0.4 is 0 Å². The Balaban J connectivity index is 2.20. The van der Waals surface area contributed by atoms with Gasteiger partial charge in [-0.05, 0) is 19.5 Å². The lowest BCUT2D eigenvalue weighted by molar-refractivity contribution is 0.0691. The Hall–Kier alpha value is -1.38. The van der Waals surface area contributed by atoms with Crippen LogP contribution in [-0.4, -0.2) is 65.9 Å². The van der Waals surface area contributed by atoms with Crippen LogP contribution >= 0.6 is 0 Å². The van der Waals surface area contributed by atoms with Crippen LogP contribution in [0.5, 0.6) is 0 Å². The fourth-order valence-corrected chi connectivity index (χ4v) is 3.95. The largest absolute Gasteiger partial charge is 0.477 e. The van der Waals surface area contributed by atoms with Gasteiger partial charge in [0.2, 0.25) is 10.0 Å². The molecule has 1 saturated heterocycles. The number of H-pyrrole nitrogens is 1. The molecule has 0 aromatic carbocycles. The van der Waals surface area contributed by atoms with Gasteiger partial charge in [-0.25, -0.2) is 13.2 Å². The van der Waals surface area contributed by atoms with Crippen LogP contribution in [0, 0.1) is 0 Å². The van der Waals surface area contributed by atoms with Crippen molar-refractivity contribution in [3.8, 4) is 0 Å². The number of hydrogen-bond donors (Lipinski definition) is 2. The normalized spacial score (nSPS) is 22.0. The Kier molecular flexibility index (Phi) is 4.17. The molecule has 0 spiro atoms. The van der Waals surface area contributed by atoms with Gasteiger partial charge in [-0.1, -0.05) is 6.92 Å². The summed E-state index contributed by atoms with van der Waals surface area (Å²) < 4.78 is 26.3. The number of nitrogens with one attached hydrogen (secondary N) is 1. The molecule has 112 valence electrons. The van der Waals surface area contributed by atoms with Gasteiger partial charge in [-0.3, -0.25) is 4.90 Å². The average molecular weight is 301 g/mol. The molecule has 0 amide bonds. The number of aromatic amines is 1. The molecule has 1 aliphatic heterocycles. The molecule has 2 heterocycles. The lowest BCUT2D eigenvalue weighted by atomic mass is 10.2. The summed E-state index contributed by atoms with van der Waals surface area (Å²) in [6.45, 7) is 6.46. The topological polar surface area (TPSA) is 93.7 Å². The fraction of sp³-hybridized carbons (Fsp3) is 0.583. The first kappa shape index (κ1) is 15.0. The lowest BCUT2D eigenvalue weighted by Crippen LogP contribution is -2.53. The van der Waals surface area contributed by atoms with Crippen LogP contribution in [0.1, 0.15) is 24.3 Å². The smallest absolute Gasteiger partial charge is 0.352 e. The minimum Gasteiger partial charge on any atom is -0.477 e. The van der Waals surface area contributed by atoms with Gasteiger partial charge >= 0.3 is 5.97 Å². The van der Waals surface area contributed by atoms with Crippen molar-refractivity contribution in [1.82, 2.24) is 14.2 Å². The summed E-state index contributed by atoms with van der Waals surface area (Å²) in [6.07, 6.45) is 1.23. The summed E-state index contributed by atoms with van der Waals surface area (Å²) in [7, 11) is -3.63. The van der Waals surface area contributed by atoms with E-state index >= 15 is 0 Å². The number of hydrogen-bond acceptors (Lipinski definition) is 4. The second-order valence-electron chi connectivity index (χ2n) is 4.89. The zero-order chi connectivity index (χ0) is 14.9. The third-order valence-electron chi connectivity index (χ3n) is 3.66. The van der Waals surface area contributed by atoms with Crippen molar-refractivity contribution in [2.24, 2.45) is 0 Å². The van der Waals surface area contributed by atoms with Crippen molar-refractivity contribution >= 4 is 16.0 Å². The van der Waals surface area contributed by atoms with Gasteiger partial charge in [-0.15, -0.1) is 0 Å². The number of aromatic nitrogens is 1. The molecule has 0 saturated carbocycles. The van der Waals surface area contributed by atoms with E-state index in [0.717, 1.165) is 12.6 Å². The van der Waals surface area contributed by atoms with Crippen molar-refractivity contribution in [1.29, 1.82) is 0 Å². The molecule has 1 atom stereocenters. The van der Waals surface area contributed by atoms with E-state index < -0.39 is 16.0 Å². The van der Waals surface area contributed by atoms with Gasteiger partial charge in [0, 0.05) is 31.9 Å². The van der Waals surface area contributed by atoms with Gasteiger partial charge < -0.3 is 10.1 Å². The Bertz CT molecular complexity index is 596. The fourth-order valence-electron chi connectivity index (χ4n) is 2.45. The molecule has 1 aliphatic rings. The third kappa shape index (κ3) is 2.72. The zero-order valence-corrected chi connectivity index (χ0v) is 12.4. The highest BCUT2D eigenvalue weighted by atomic mass is 32.2. The number of likely N-dealkylation sites (N-methyl/N-ethyl adjacent to an activating group) is 1. The standard InChI is InChI=1S/C12H19N3O4S/c1-3-14-4-5-15(8-9(14)2)20(18,19)10-6-11(12(16)17)13-7-10/h6-7,9,13H,3-5,8H2,1-2H3,(H,16,17). The predicted octanol–water partition coefficient (Wildman–Crippen LogP) is 0.428. The Morgan fingerprint density at radius 2 is 2.20 bits per heavy atom. The van der Waals surface area contributed by atoms with Crippen molar-refractivity contribution in [3.05, 3.63) is 18.0 Å². The number of carbonyl (C=O) groups is 1. The average Bonchev–Trinajstić information content (AvgIpc) is 2.89. The molecule has 0 aliphatic carbocycles. The van der Waals surface area contributed by atoms with Gasteiger partial charge in [-0.2, -0.15) is 4.31 Å². The summed E-state index contributed by atoms with van der Waals surface area (Å²) >= 11 is 0. The summed E-state index contributed by atoms with van der Waals surface area (Å²) in [5, 5.41) is 8.84. The first-order valence-corrected chi connectivity index (χ1v) is 7.96. The van der Waals surface area contributed by atoms with Crippen LogP contribution in [0.2, 0.25) is 0 Å². The summed E-state index contributed by atoms with van der Waals surface area (Å²) in [4.78, 5) is 15.5. The molecular weight excluding hydrogens is 282 g/mol. The molecule has 0 bridgehead atoms. The van der Waals surface area contributed by atoms with Crippen LogP contribution in [0.15, 0.2) is 17.2 Å². The predicted molar refractivity (Wildman–Crippen MR) is 73.2 cm³/mol. The molecule has 1 aromatic rings. The second kappa shape index (κ2) is 5.55. The molecule has 8 heteroatoms. The van der Waals surface area contributed by atoms with Crippen molar-refractivity contribution < 1.29 is 18.3 Å². The Labute approximate surface area is 118 Å². The number of rotatable bonds is 4. The van der Waals surface area contributed by atoms with E-state index in [9.17, 15) is 13.2 Å². The van der Waals surface area contributed by atoms with E-state index in [1.165, 1.54) is 10.5 Å². The Morgan fingerprint density at radius 3 is 2.70 bits per heavy atom.